The minimum Gasteiger partial charge on any atom is -0.330 e. The SMILES string of the molecule is Cc1cc(C)cc(CC(CN)c2cccc(Br)c2)c1. The van der Waals surface area contributed by atoms with Crippen LogP contribution in [0.5, 0.6) is 0 Å². The molecule has 0 bridgehead atoms. The van der Waals surface area contributed by atoms with Crippen molar-refractivity contribution in [2.45, 2.75) is 26.2 Å². The van der Waals surface area contributed by atoms with Crippen LogP contribution in [0.3, 0.4) is 0 Å². The number of benzene rings is 2. The van der Waals surface area contributed by atoms with Gasteiger partial charge < -0.3 is 5.73 Å². The Hall–Kier alpha value is -1.12. The van der Waals surface area contributed by atoms with Gasteiger partial charge in [0.25, 0.3) is 0 Å². The molecule has 0 aliphatic rings. The van der Waals surface area contributed by atoms with Crippen LogP contribution >= 0.6 is 15.9 Å². The molecule has 0 spiro atoms. The van der Waals surface area contributed by atoms with E-state index in [2.05, 4.69) is 66.2 Å². The third kappa shape index (κ3) is 3.92. The van der Waals surface area contributed by atoms with E-state index >= 15 is 0 Å². The Labute approximate surface area is 124 Å². The summed E-state index contributed by atoms with van der Waals surface area (Å²) in [6.07, 6.45) is 0.996. The zero-order valence-electron chi connectivity index (χ0n) is 11.5. The van der Waals surface area contributed by atoms with E-state index in [0.717, 1.165) is 10.9 Å². The number of nitrogens with two attached hydrogens (primary N) is 1. The normalized spacial score (nSPS) is 12.4. The van der Waals surface area contributed by atoms with Crippen molar-refractivity contribution in [2.24, 2.45) is 5.73 Å². The highest BCUT2D eigenvalue weighted by molar-refractivity contribution is 9.10. The molecule has 0 aromatic heterocycles. The second kappa shape index (κ2) is 6.36. The van der Waals surface area contributed by atoms with E-state index in [-0.39, 0.29) is 0 Å². The molecule has 0 heterocycles. The van der Waals surface area contributed by atoms with Gasteiger partial charge in [-0.2, -0.15) is 0 Å². The summed E-state index contributed by atoms with van der Waals surface area (Å²) >= 11 is 3.53. The second-order valence-corrected chi connectivity index (χ2v) is 6.10. The topological polar surface area (TPSA) is 26.0 Å². The molecule has 2 N–H and O–H groups in total. The summed E-state index contributed by atoms with van der Waals surface area (Å²) in [5.74, 6) is 0.374. The fourth-order valence-corrected chi connectivity index (χ4v) is 2.99. The molecule has 1 atom stereocenters. The van der Waals surface area contributed by atoms with E-state index in [1.807, 2.05) is 6.07 Å². The Morgan fingerprint density at radius 3 is 2.32 bits per heavy atom. The van der Waals surface area contributed by atoms with Crippen molar-refractivity contribution in [3.05, 3.63) is 69.2 Å². The first-order valence-electron chi connectivity index (χ1n) is 6.61. The Balaban J connectivity index is 2.23. The summed E-state index contributed by atoms with van der Waals surface area (Å²) in [5, 5.41) is 0. The maximum Gasteiger partial charge on any atom is 0.0178 e. The highest BCUT2D eigenvalue weighted by Crippen LogP contribution is 2.24. The van der Waals surface area contributed by atoms with E-state index in [4.69, 9.17) is 5.73 Å². The summed E-state index contributed by atoms with van der Waals surface area (Å²) in [7, 11) is 0. The third-order valence-electron chi connectivity index (χ3n) is 3.37. The van der Waals surface area contributed by atoms with Crippen LogP contribution in [-0.4, -0.2) is 6.54 Å². The average Bonchev–Trinajstić information content (AvgIpc) is 2.34. The average molecular weight is 318 g/mol. The molecule has 1 unspecified atom stereocenters. The van der Waals surface area contributed by atoms with E-state index < -0.39 is 0 Å². The van der Waals surface area contributed by atoms with Crippen LogP contribution in [0.1, 0.15) is 28.2 Å². The van der Waals surface area contributed by atoms with Gasteiger partial charge in [-0.05, 0) is 50.1 Å². The number of aryl methyl sites for hydroxylation is 2. The highest BCUT2D eigenvalue weighted by atomic mass is 79.9. The molecule has 1 nitrogen and oxygen atoms in total. The van der Waals surface area contributed by atoms with Crippen LogP contribution in [-0.2, 0) is 6.42 Å². The van der Waals surface area contributed by atoms with Crippen LogP contribution in [0.2, 0.25) is 0 Å². The van der Waals surface area contributed by atoms with Crippen molar-refractivity contribution >= 4 is 15.9 Å². The van der Waals surface area contributed by atoms with Gasteiger partial charge in [-0.25, -0.2) is 0 Å². The van der Waals surface area contributed by atoms with E-state index in [1.54, 1.807) is 0 Å². The quantitative estimate of drug-likeness (QED) is 0.891. The lowest BCUT2D eigenvalue weighted by molar-refractivity contribution is 0.693. The van der Waals surface area contributed by atoms with Crippen LogP contribution in [0.4, 0.5) is 0 Å². The molecule has 100 valence electrons. The summed E-state index contributed by atoms with van der Waals surface area (Å²) in [4.78, 5) is 0. The van der Waals surface area contributed by atoms with Crippen LogP contribution in [0, 0.1) is 13.8 Å². The van der Waals surface area contributed by atoms with Crippen molar-refractivity contribution in [3.63, 3.8) is 0 Å². The molecule has 0 aliphatic carbocycles. The fourth-order valence-electron chi connectivity index (χ4n) is 2.57. The summed E-state index contributed by atoms with van der Waals surface area (Å²) < 4.78 is 1.11. The number of rotatable bonds is 4. The zero-order chi connectivity index (χ0) is 13.8. The van der Waals surface area contributed by atoms with Gasteiger partial charge in [0.15, 0.2) is 0 Å². The zero-order valence-corrected chi connectivity index (χ0v) is 13.1. The molecule has 0 aliphatic heterocycles. The van der Waals surface area contributed by atoms with Gasteiger partial charge in [-0.15, -0.1) is 0 Å². The molecule has 2 heteroatoms. The molecule has 2 rings (SSSR count). The van der Waals surface area contributed by atoms with Gasteiger partial charge in [0.05, 0.1) is 0 Å². The highest BCUT2D eigenvalue weighted by Gasteiger charge is 2.11. The Bertz CT molecular complexity index is 543. The lowest BCUT2D eigenvalue weighted by atomic mass is 9.91. The molecule has 19 heavy (non-hydrogen) atoms. The lowest BCUT2D eigenvalue weighted by Crippen LogP contribution is -2.15. The van der Waals surface area contributed by atoms with Gasteiger partial charge in [0.1, 0.15) is 0 Å². The first-order chi connectivity index (χ1) is 9.08. The first kappa shape index (κ1) is 14.3. The van der Waals surface area contributed by atoms with E-state index in [1.165, 1.54) is 22.3 Å². The number of hydrogen-bond donors (Lipinski definition) is 1. The smallest absolute Gasteiger partial charge is 0.0178 e. The van der Waals surface area contributed by atoms with Crippen LogP contribution in [0.15, 0.2) is 46.9 Å². The predicted molar refractivity (Wildman–Crippen MR) is 85.6 cm³/mol. The second-order valence-electron chi connectivity index (χ2n) is 5.19. The van der Waals surface area contributed by atoms with Gasteiger partial charge in [0.2, 0.25) is 0 Å². The Kier molecular flexibility index (Phi) is 4.78. The van der Waals surface area contributed by atoms with Crippen molar-refractivity contribution < 1.29 is 0 Å². The molecule has 0 radical (unpaired) electrons. The fraction of sp³-hybridized carbons (Fsp3) is 0.294. The monoisotopic (exact) mass is 317 g/mol. The third-order valence-corrected chi connectivity index (χ3v) is 3.86. The molecule has 0 saturated heterocycles. The molecule has 2 aromatic rings. The van der Waals surface area contributed by atoms with Gasteiger partial charge in [0, 0.05) is 10.4 Å². The molecule has 0 amide bonds. The first-order valence-corrected chi connectivity index (χ1v) is 7.40. The Morgan fingerprint density at radius 1 is 1.05 bits per heavy atom. The molecular formula is C17H20BrN. The van der Waals surface area contributed by atoms with Crippen molar-refractivity contribution in [3.8, 4) is 0 Å². The lowest BCUT2D eigenvalue weighted by Gasteiger charge is -2.16. The minimum absolute atomic E-state index is 0.374. The molecule has 2 aromatic carbocycles. The number of halogens is 1. The van der Waals surface area contributed by atoms with Crippen molar-refractivity contribution in [2.75, 3.05) is 6.54 Å². The predicted octanol–water partition coefficient (Wildman–Crippen LogP) is 4.35. The van der Waals surface area contributed by atoms with Crippen LogP contribution in [0.25, 0.3) is 0 Å². The van der Waals surface area contributed by atoms with E-state index in [0.29, 0.717) is 12.5 Å². The summed E-state index contributed by atoms with van der Waals surface area (Å²) in [6.45, 7) is 4.96. The van der Waals surface area contributed by atoms with Crippen molar-refractivity contribution in [1.29, 1.82) is 0 Å². The maximum atomic E-state index is 5.96. The molecule has 0 saturated carbocycles. The molecule has 0 fully saturated rings. The number of hydrogen-bond acceptors (Lipinski definition) is 1. The van der Waals surface area contributed by atoms with Gasteiger partial charge in [-0.1, -0.05) is 57.4 Å². The standard InChI is InChI=1S/C17H20BrN/c1-12-6-13(2)8-14(7-12)9-16(11-19)15-4-3-5-17(18)10-15/h3-8,10,16H,9,11,19H2,1-2H3. The van der Waals surface area contributed by atoms with Gasteiger partial charge >= 0.3 is 0 Å². The van der Waals surface area contributed by atoms with Gasteiger partial charge in [-0.3, -0.25) is 0 Å². The van der Waals surface area contributed by atoms with Crippen LogP contribution < -0.4 is 5.73 Å². The maximum absolute atomic E-state index is 5.96. The summed E-state index contributed by atoms with van der Waals surface area (Å²) in [5.41, 5.74) is 11.3. The molecular weight excluding hydrogens is 298 g/mol. The Morgan fingerprint density at radius 2 is 1.74 bits per heavy atom. The van der Waals surface area contributed by atoms with E-state index in [9.17, 15) is 0 Å². The largest absolute Gasteiger partial charge is 0.330 e. The minimum atomic E-state index is 0.374. The van der Waals surface area contributed by atoms with Crippen molar-refractivity contribution in [1.82, 2.24) is 0 Å². The summed E-state index contributed by atoms with van der Waals surface area (Å²) in [6, 6.07) is 15.2.